The lowest BCUT2D eigenvalue weighted by molar-refractivity contribution is 0.0912. The zero-order valence-electron chi connectivity index (χ0n) is 14.7. The summed E-state index contributed by atoms with van der Waals surface area (Å²) in [5.74, 6) is 0.225. The molecule has 0 aliphatic heterocycles. The second kappa shape index (κ2) is 6.40. The summed E-state index contributed by atoms with van der Waals surface area (Å²) in [5.41, 5.74) is 5.00. The van der Waals surface area contributed by atoms with E-state index in [2.05, 4.69) is 53.8 Å². The number of hydrogen-bond acceptors (Lipinski definition) is 2. The molecule has 0 spiro atoms. The van der Waals surface area contributed by atoms with Gasteiger partial charge in [0.1, 0.15) is 0 Å². The van der Waals surface area contributed by atoms with Gasteiger partial charge < -0.3 is 4.98 Å². The largest absolute Gasteiger partial charge is 0.353 e. The molecule has 25 heavy (non-hydrogen) atoms. The van der Waals surface area contributed by atoms with Crippen molar-refractivity contribution in [2.45, 2.75) is 46.5 Å². The molecular weight excluding hydrogens is 400 g/mol. The van der Waals surface area contributed by atoms with Crippen molar-refractivity contribution in [1.29, 1.82) is 0 Å². The van der Waals surface area contributed by atoms with E-state index in [-0.39, 0.29) is 23.6 Å². The molecule has 0 atom stereocenters. The molecule has 1 aliphatic rings. The van der Waals surface area contributed by atoms with Gasteiger partial charge in [-0.3, -0.25) is 9.78 Å². The molecule has 0 saturated carbocycles. The first-order valence-electron chi connectivity index (χ1n) is 8.55. The van der Waals surface area contributed by atoms with Crippen molar-refractivity contribution >= 4 is 55.9 Å². The molecule has 0 fully saturated rings. The Morgan fingerprint density at radius 3 is 2.76 bits per heavy atom. The first-order valence-corrected chi connectivity index (χ1v) is 9.35. The molecule has 0 amide bonds. The Balaban J connectivity index is 0.00000182. The van der Waals surface area contributed by atoms with Gasteiger partial charge in [-0.1, -0.05) is 43.1 Å². The molecule has 1 N–H and O–H groups in total. The summed E-state index contributed by atoms with van der Waals surface area (Å²) in [6, 6.07) is 6.21. The minimum absolute atomic E-state index is 0. The van der Waals surface area contributed by atoms with Gasteiger partial charge in [0.15, 0.2) is 5.78 Å². The van der Waals surface area contributed by atoms with Gasteiger partial charge in [0.2, 0.25) is 0 Å². The molecular formula is C20H22BrClN2O. The predicted molar refractivity (Wildman–Crippen MR) is 109 cm³/mol. The number of aromatic amines is 1. The van der Waals surface area contributed by atoms with E-state index < -0.39 is 0 Å². The number of nitrogens with one attached hydrogen (secondary N) is 1. The van der Waals surface area contributed by atoms with Gasteiger partial charge in [-0.25, -0.2) is 0 Å². The van der Waals surface area contributed by atoms with Crippen LogP contribution in [0.1, 0.15) is 55.4 Å². The van der Waals surface area contributed by atoms with E-state index in [0.717, 1.165) is 62.5 Å². The van der Waals surface area contributed by atoms with Crippen LogP contribution in [0, 0.1) is 5.41 Å². The number of fused-ring (bicyclic) bond motifs is 5. The third-order valence-electron chi connectivity index (χ3n) is 4.91. The Morgan fingerprint density at radius 2 is 2.04 bits per heavy atom. The Hall–Kier alpha value is -1.39. The fraction of sp³-hybridized carbons (Fsp3) is 0.400. The number of H-pyrrole nitrogens is 1. The maximum Gasteiger partial charge on any atom is 0.165 e. The van der Waals surface area contributed by atoms with Gasteiger partial charge in [-0.2, -0.15) is 0 Å². The monoisotopic (exact) mass is 420 g/mol. The summed E-state index contributed by atoms with van der Waals surface area (Å²) < 4.78 is 1.03. The quantitative estimate of drug-likeness (QED) is 0.551. The minimum atomic E-state index is -0.0130. The average Bonchev–Trinajstić information content (AvgIpc) is 2.85. The minimum Gasteiger partial charge on any atom is -0.353 e. The topological polar surface area (TPSA) is 45.8 Å². The van der Waals surface area contributed by atoms with Gasteiger partial charge >= 0.3 is 0 Å². The number of Topliss-reactive ketones (excluding diaryl/α,β-unsaturated/α-hetero) is 1. The average molecular weight is 422 g/mol. The molecule has 0 radical (unpaired) electrons. The summed E-state index contributed by atoms with van der Waals surface area (Å²) in [6.45, 7) is 6.48. The number of aryl methyl sites for hydroxylation is 1. The molecule has 0 bridgehead atoms. The number of ketones is 1. The zero-order chi connectivity index (χ0) is 17.1. The SMILES string of the molecule is CCCc1nc2c(c3c1[nH]c1ccc(Br)cc13)C(=O)CC(C)(C)C2.Cl. The first-order chi connectivity index (χ1) is 11.4. The van der Waals surface area contributed by atoms with Crippen LogP contribution in [0.5, 0.6) is 0 Å². The fourth-order valence-electron chi connectivity index (χ4n) is 3.94. The highest BCUT2D eigenvalue weighted by atomic mass is 79.9. The summed E-state index contributed by atoms with van der Waals surface area (Å²) in [7, 11) is 0. The molecule has 3 nitrogen and oxygen atoms in total. The molecule has 4 rings (SSSR count). The number of carbonyl (C=O) groups is 1. The van der Waals surface area contributed by atoms with Gasteiger partial charge in [-0.15, -0.1) is 12.4 Å². The smallest absolute Gasteiger partial charge is 0.165 e. The first kappa shape index (κ1) is 18.4. The summed E-state index contributed by atoms with van der Waals surface area (Å²) >= 11 is 3.57. The number of aromatic nitrogens is 2. The molecule has 2 heterocycles. The summed E-state index contributed by atoms with van der Waals surface area (Å²) in [4.78, 5) is 21.4. The third-order valence-corrected chi connectivity index (χ3v) is 5.40. The van der Waals surface area contributed by atoms with Gasteiger partial charge in [0.25, 0.3) is 0 Å². The third kappa shape index (κ3) is 3.00. The van der Waals surface area contributed by atoms with Crippen LogP contribution >= 0.6 is 28.3 Å². The van der Waals surface area contributed by atoms with E-state index in [1.807, 2.05) is 6.07 Å². The van der Waals surface area contributed by atoms with E-state index in [4.69, 9.17) is 4.98 Å². The molecule has 132 valence electrons. The van der Waals surface area contributed by atoms with Crippen LogP contribution < -0.4 is 0 Å². The highest BCUT2D eigenvalue weighted by Gasteiger charge is 2.34. The number of hydrogen-bond donors (Lipinski definition) is 1. The van der Waals surface area contributed by atoms with Crippen LogP contribution in [-0.4, -0.2) is 15.8 Å². The van der Waals surface area contributed by atoms with Gasteiger partial charge in [0, 0.05) is 32.7 Å². The van der Waals surface area contributed by atoms with Crippen molar-refractivity contribution < 1.29 is 4.79 Å². The number of carbonyl (C=O) groups excluding carboxylic acids is 1. The lowest BCUT2D eigenvalue weighted by atomic mass is 9.74. The number of pyridine rings is 1. The molecule has 1 aromatic carbocycles. The van der Waals surface area contributed by atoms with E-state index in [9.17, 15) is 4.79 Å². The van der Waals surface area contributed by atoms with Crippen molar-refractivity contribution in [3.05, 3.63) is 39.6 Å². The van der Waals surface area contributed by atoms with Crippen LogP contribution in [0.4, 0.5) is 0 Å². The highest BCUT2D eigenvalue weighted by Crippen LogP contribution is 2.40. The van der Waals surface area contributed by atoms with Crippen molar-refractivity contribution in [3.63, 3.8) is 0 Å². The van der Waals surface area contributed by atoms with Crippen LogP contribution in [0.25, 0.3) is 21.8 Å². The Labute approximate surface area is 162 Å². The van der Waals surface area contributed by atoms with Crippen molar-refractivity contribution in [3.8, 4) is 0 Å². The number of nitrogens with zero attached hydrogens (tertiary/aromatic N) is 1. The van der Waals surface area contributed by atoms with Crippen LogP contribution in [-0.2, 0) is 12.8 Å². The van der Waals surface area contributed by atoms with Gasteiger partial charge in [-0.05, 0) is 36.5 Å². The number of benzene rings is 1. The molecule has 3 aromatic rings. The van der Waals surface area contributed by atoms with E-state index in [1.165, 1.54) is 0 Å². The summed E-state index contributed by atoms with van der Waals surface area (Å²) in [5, 5.41) is 2.18. The van der Waals surface area contributed by atoms with E-state index >= 15 is 0 Å². The number of halogens is 2. The summed E-state index contributed by atoms with van der Waals surface area (Å²) in [6.07, 6.45) is 3.41. The van der Waals surface area contributed by atoms with E-state index in [1.54, 1.807) is 0 Å². The highest BCUT2D eigenvalue weighted by molar-refractivity contribution is 9.10. The van der Waals surface area contributed by atoms with Crippen LogP contribution in [0.3, 0.4) is 0 Å². The molecule has 5 heteroatoms. The van der Waals surface area contributed by atoms with E-state index in [0.29, 0.717) is 6.42 Å². The standard InChI is InChI=1S/C20H21BrN2O.ClH/c1-4-5-14-19-17(12-8-11(21)6-7-13(12)23-19)18-15(22-14)9-20(2,3)10-16(18)24;/h6-8,23H,4-5,9-10H2,1-3H3;1H. The lowest BCUT2D eigenvalue weighted by Gasteiger charge is -2.30. The molecule has 0 saturated heterocycles. The van der Waals surface area contributed by atoms with Gasteiger partial charge in [0.05, 0.1) is 16.9 Å². The lowest BCUT2D eigenvalue weighted by Crippen LogP contribution is -2.28. The molecule has 0 unspecified atom stereocenters. The van der Waals surface area contributed by atoms with Crippen molar-refractivity contribution in [2.75, 3.05) is 0 Å². The second-order valence-corrected chi connectivity index (χ2v) is 8.55. The van der Waals surface area contributed by atoms with Crippen molar-refractivity contribution in [2.24, 2.45) is 5.41 Å². The Morgan fingerprint density at radius 1 is 1.28 bits per heavy atom. The Kier molecular flexibility index (Phi) is 4.71. The van der Waals surface area contributed by atoms with Crippen LogP contribution in [0.15, 0.2) is 22.7 Å². The zero-order valence-corrected chi connectivity index (χ0v) is 17.1. The predicted octanol–water partition coefficient (Wildman–Crippen LogP) is 6.01. The molecule has 2 aromatic heterocycles. The van der Waals surface area contributed by atoms with Crippen LogP contribution in [0.2, 0.25) is 0 Å². The van der Waals surface area contributed by atoms with Crippen molar-refractivity contribution in [1.82, 2.24) is 9.97 Å². The maximum atomic E-state index is 12.9. The normalized spacial score (nSPS) is 16.1. The fourth-order valence-corrected chi connectivity index (χ4v) is 4.31. The Bertz CT molecular complexity index is 990. The molecule has 1 aliphatic carbocycles. The maximum absolute atomic E-state index is 12.9. The number of rotatable bonds is 2. The second-order valence-electron chi connectivity index (χ2n) is 7.64.